The Balaban J connectivity index is 1.59. The molecule has 0 saturated heterocycles. The van der Waals surface area contributed by atoms with Crippen LogP contribution in [0.3, 0.4) is 0 Å². The van der Waals surface area contributed by atoms with Crippen LogP contribution < -0.4 is 10.5 Å². The summed E-state index contributed by atoms with van der Waals surface area (Å²) in [5.41, 5.74) is 10.8. The molecule has 0 fully saturated rings. The third-order valence-corrected chi connectivity index (χ3v) is 5.01. The quantitative estimate of drug-likeness (QED) is 0.702. The van der Waals surface area contributed by atoms with E-state index in [2.05, 4.69) is 65.6 Å². The first-order valence-electron chi connectivity index (χ1n) is 9.11. The first-order valence-corrected chi connectivity index (χ1v) is 9.11. The predicted molar refractivity (Wildman–Crippen MR) is 106 cm³/mol. The van der Waals surface area contributed by atoms with Crippen molar-refractivity contribution in [1.82, 2.24) is 4.90 Å². The van der Waals surface area contributed by atoms with Crippen LogP contribution in [0.25, 0.3) is 0 Å². The number of hydrogen-bond donors (Lipinski definition) is 1. The van der Waals surface area contributed by atoms with Crippen LogP contribution in [0.2, 0.25) is 0 Å². The lowest BCUT2D eigenvalue weighted by Crippen LogP contribution is -2.42. The molecule has 3 nitrogen and oxygen atoms in total. The Morgan fingerprint density at radius 3 is 2.04 bits per heavy atom. The van der Waals surface area contributed by atoms with Crippen LogP contribution in [-0.2, 0) is 19.5 Å². The normalized spacial score (nSPS) is 16.1. The molecule has 3 heteroatoms. The number of nitrogens with two attached hydrogens (primary N) is 1. The summed E-state index contributed by atoms with van der Waals surface area (Å²) in [6, 6.07) is 27.5. The Morgan fingerprint density at radius 2 is 1.42 bits per heavy atom. The second kappa shape index (κ2) is 7.63. The standard InChI is InChI=1S/C23H24N2O/c24-22-12-7-13-23-21(22)14-20(17-26-23)25(15-18-8-3-1-4-9-18)16-19-10-5-2-6-11-19/h1-13,20H,14-17,24H2/t20-/m1/s1. The molecule has 132 valence electrons. The van der Waals surface area contributed by atoms with Crippen molar-refractivity contribution in [3.05, 3.63) is 95.6 Å². The first kappa shape index (κ1) is 16.7. The molecule has 0 aliphatic carbocycles. The maximum Gasteiger partial charge on any atom is 0.124 e. The van der Waals surface area contributed by atoms with Crippen molar-refractivity contribution >= 4 is 5.69 Å². The lowest BCUT2D eigenvalue weighted by atomic mass is 9.98. The van der Waals surface area contributed by atoms with Gasteiger partial charge in [-0.25, -0.2) is 0 Å². The highest BCUT2D eigenvalue weighted by Gasteiger charge is 2.27. The fourth-order valence-electron chi connectivity index (χ4n) is 3.60. The summed E-state index contributed by atoms with van der Waals surface area (Å²) in [6.07, 6.45) is 0.918. The lowest BCUT2D eigenvalue weighted by molar-refractivity contribution is 0.106. The molecule has 1 heterocycles. The van der Waals surface area contributed by atoms with Crippen molar-refractivity contribution in [2.45, 2.75) is 25.6 Å². The van der Waals surface area contributed by atoms with Gasteiger partial charge in [-0.15, -0.1) is 0 Å². The molecule has 4 rings (SSSR count). The highest BCUT2D eigenvalue weighted by molar-refractivity contribution is 5.55. The minimum Gasteiger partial charge on any atom is -0.492 e. The number of benzene rings is 3. The average Bonchev–Trinajstić information content (AvgIpc) is 2.69. The molecule has 0 amide bonds. The van der Waals surface area contributed by atoms with Gasteiger partial charge in [0.2, 0.25) is 0 Å². The van der Waals surface area contributed by atoms with Crippen molar-refractivity contribution in [2.24, 2.45) is 0 Å². The molecule has 0 bridgehead atoms. The monoisotopic (exact) mass is 344 g/mol. The van der Waals surface area contributed by atoms with Crippen molar-refractivity contribution in [2.75, 3.05) is 12.3 Å². The molecule has 3 aromatic rings. The maximum absolute atomic E-state index is 6.21. The zero-order valence-electron chi connectivity index (χ0n) is 14.8. The highest BCUT2D eigenvalue weighted by Crippen LogP contribution is 2.31. The summed E-state index contributed by atoms with van der Waals surface area (Å²) in [5.74, 6) is 0.931. The number of nitrogen functional groups attached to an aromatic ring is 1. The maximum atomic E-state index is 6.21. The van der Waals surface area contributed by atoms with E-state index in [1.54, 1.807) is 0 Å². The molecular formula is C23H24N2O. The number of anilines is 1. The molecule has 0 spiro atoms. The zero-order chi connectivity index (χ0) is 17.8. The number of rotatable bonds is 5. The van der Waals surface area contributed by atoms with Gasteiger partial charge in [-0.1, -0.05) is 66.7 Å². The number of ether oxygens (including phenoxy) is 1. The zero-order valence-corrected chi connectivity index (χ0v) is 14.8. The van der Waals surface area contributed by atoms with Gasteiger partial charge in [0.15, 0.2) is 0 Å². The van der Waals surface area contributed by atoms with Crippen LogP contribution in [-0.4, -0.2) is 17.5 Å². The molecule has 26 heavy (non-hydrogen) atoms. The fraction of sp³-hybridized carbons (Fsp3) is 0.217. The highest BCUT2D eigenvalue weighted by atomic mass is 16.5. The van der Waals surface area contributed by atoms with Gasteiger partial charge in [-0.3, -0.25) is 4.90 Å². The Hall–Kier alpha value is -2.78. The summed E-state index contributed by atoms with van der Waals surface area (Å²) >= 11 is 0. The Bertz CT molecular complexity index is 807. The largest absolute Gasteiger partial charge is 0.492 e. The van der Waals surface area contributed by atoms with E-state index in [4.69, 9.17) is 10.5 Å². The van der Waals surface area contributed by atoms with E-state index >= 15 is 0 Å². The average molecular weight is 344 g/mol. The molecule has 1 aliphatic heterocycles. The van der Waals surface area contributed by atoms with E-state index in [9.17, 15) is 0 Å². The summed E-state index contributed by atoms with van der Waals surface area (Å²) in [4.78, 5) is 2.50. The minimum absolute atomic E-state index is 0.299. The second-order valence-corrected chi connectivity index (χ2v) is 6.87. The SMILES string of the molecule is Nc1cccc2c1C[C@@H](N(Cc1ccccc1)Cc1ccccc1)CO2. The lowest BCUT2D eigenvalue weighted by Gasteiger charge is -2.35. The Morgan fingerprint density at radius 1 is 0.808 bits per heavy atom. The van der Waals surface area contributed by atoms with Crippen LogP contribution in [0, 0.1) is 0 Å². The third kappa shape index (κ3) is 3.73. The van der Waals surface area contributed by atoms with Crippen LogP contribution in [0.1, 0.15) is 16.7 Å². The van der Waals surface area contributed by atoms with Gasteiger partial charge in [-0.05, 0) is 29.7 Å². The molecule has 3 aromatic carbocycles. The van der Waals surface area contributed by atoms with Crippen molar-refractivity contribution < 1.29 is 4.74 Å². The Labute approximate surface area is 155 Å². The topological polar surface area (TPSA) is 38.5 Å². The van der Waals surface area contributed by atoms with Gasteiger partial charge in [0, 0.05) is 30.4 Å². The molecule has 0 aromatic heterocycles. The smallest absolute Gasteiger partial charge is 0.124 e. The van der Waals surface area contributed by atoms with Crippen LogP contribution >= 0.6 is 0 Å². The van der Waals surface area contributed by atoms with E-state index in [0.29, 0.717) is 12.6 Å². The van der Waals surface area contributed by atoms with E-state index in [0.717, 1.165) is 36.5 Å². The molecule has 1 aliphatic rings. The predicted octanol–water partition coefficient (Wildman–Crippen LogP) is 4.27. The molecule has 0 radical (unpaired) electrons. The molecular weight excluding hydrogens is 320 g/mol. The Kier molecular flexibility index (Phi) is 4.89. The van der Waals surface area contributed by atoms with Gasteiger partial charge in [0.05, 0.1) is 0 Å². The van der Waals surface area contributed by atoms with Gasteiger partial charge in [0.1, 0.15) is 12.4 Å². The van der Waals surface area contributed by atoms with Crippen molar-refractivity contribution in [1.29, 1.82) is 0 Å². The van der Waals surface area contributed by atoms with Crippen LogP contribution in [0.4, 0.5) is 5.69 Å². The summed E-state index contributed by atoms with van der Waals surface area (Å²) in [7, 11) is 0. The van der Waals surface area contributed by atoms with Crippen molar-refractivity contribution in [3.63, 3.8) is 0 Å². The third-order valence-electron chi connectivity index (χ3n) is 5.01. The van der Waals surface area contributed by atoms with Crippen LogP contribution in [0.5, 0.6) is 5.75 Å². The molecule has 1 atom stereocenters. The summed E-state index contributed by atoms with van der Waals surface area (Å²) in [6.45, 7) is 2.48. The van der Waals surface area contributed by atoms with Crippen LogP contribution in [0.15, 0.2) is 78.9 Å². The second-order valence-electron chi connectivity index (χ2n) is 6.87. The molecule has 0 unspecified atom stereocenters. The molecule has 0 saturated carbocycles. The summed E-state index contributed by atoms with van der Waals surface area (Å²) in [5, 5.41) is 0. The molecule has 2 N–H and O–H groups in total. The van der Waals surface area contributed by atoms with Gasteiger partial charge < -0.3 is 10.5 Å². The van der Waals surface area contributed by atoms with Gasteiger partial charge >= 0.3 is 0 Å². The minimum atomic E-state index is 0.299. The number of hydrogen-bond acceptors (Lipinski definition) is 3. The number of nitrogens with zero attached hydrogens (tertiary/aromatic N) is 1. The van der Waals surface area contributed by atoms with E-state index < -0.39 is 0 Å². The summed E-state index contributed by atoms with van der Waals surface area (Å²) < 4.78 is 6.05. The van der Waals surface area contributed by atoms with E-state index in [1.165, 1.54) is 11.1 Å². The number of fused-ring (bicyclic) bond motifs is 1. The van der Waals surface area contributed by atoms with E-state index in [1.807, 2.05) is 18.2 Å². The fourth-order valence-corrected chi connectivity index (χ4v) is 3.60. The van der Waals surface area contributed by atoms with Gasteiger partial charge in [-0.2, -0.15) is 0 Å². The first-order chi connectivity index (χ1) is 12.8. The van der Waals surface area contributed by atoms with Gasteiger partial charge in [0.25, 0.3) is 0 Å². The van der Waals surface area contributed by atoms with Crippen molar-refractivity contribution in [3.8, 4) is 5.75 Å². The van der Waals surface area contributed by atoms with E-state index in [-0.39, 0.29) is 0 Å².